The molecule has 0 aromatic rings. The molecule has 512 valence electrons. The predicted molar refractivity (Wildman–Crippen MR) is 384 cm³/mol. The second-order valence-electron chi connectivity index (χ2n) is 27.0. The van der Waals surface area contributed by atoms with Gasteiger partial charge in [-0.25, -0.2) is 0 Å². The zero-order valence-electron chi connectivity index (χ0n) is 58.8. The number of allylic oxidation sites excluding steroid dienone is 7. The fourth-order valence-corrected chi connectivity index (χ4v) is 12.3. The molecule has 0 saturated carbocycles. The van der Waals surface area contributed by atoms with Gasteiger partial charge in [0.25, 0.3) is 0 Å². The fourth-order valence-electron chi connectivity index (χ4n) is 12.3. The second-order valence-corrected chi connectivity index (χ2v) is 27.0. The van der Waals surface area contributed by atoms with Crippen molar-refractivity contribution in [3.05, 3.63) is 48.6 Å². The number of nitrogens with one attached hydrogen (secondary N) is 1. The first kappa shape index (κ1) is 84.8. The zero-order chi connectivity index (χ0) is 62.8. The summed E-state index contributed by atoms with van der Waals surface area (Å²) in [7, 11) is 0. The quantitative estimate of drug-likeness (QED) is 0.0320. The Bertz CT molecular complexity index is 1450. The first-order chi connectivity index (χ1) is 43.0. The molecule has 0 aromatic heterocycles. The highest BCUT2D eigenvalue weighted by molar-refractivity contribution is 5.76. The molecule has 0 aliphatic heterocycles. The maximum Gasteiger partial charge on any atom is 0.305 e. The van der Waals surface area contributed by atoms with Crippen molar-refractivity contribution < 1.29 is 24.5 Å². The summed E-state index contributed by atoms with van der Waals surface area (Å²) in [5, 5.41) is 23.3. The molecule has 0 fully saturated rings. The van der Waals surface area contributed by atoms with E-state index in [-0.39, 0.29) is 18.5 Å². The predicted octanol–water partition coefficient (Wildman–Crippen LogP) is 26.0. The van der Waals surface area contributed by atoms with Crippen molar-refractivity contribution in [2.75, 3.05) is 13.2 Å². The van der Waals surface area contributed by atoms with E-state index in [1.165, 1.54) is 353 Å². The van der Waals surface area contributed by atoms with Crippen molar-refractivity contribution in [1.82, 2.24) is 5.32 Å². The molecule has 2 unspecified atom stereocenters. The van der Waals surface area contributed by atoms with Crippen molar-refractivity contribution in [3.63, 3.8) is 0 Å². The van der Waals surface area contributed by atoms with Crippen LogP contribution in [0.2, 0.25) is 0 Å². The number of hydrogen-bond acceptors (Lipinski definition) is 5. The topological polar surface area (TPSA) is 95.9 Å². The molecule has 0 bridgehead atoms. The minimum absolute atomic E-state index is 0.00414. The van der Waals surface area contributed by atoms with Gasteiger partial charge in [0.2, 0.25) is 5.91 Å². The van der Waals surface area contributed by atoms with Crippen molar-refractivity contribution >= 4 is 11.9 Å². The molecule has 0 radical (unpaired) electrons. The van der Waals surface area contributed by atoms with E-state index in [1.807, 2.05) is 6.08 Å². The number of amides is 1. The van der Waals surface area contributed by atoms with Gasteiger partial charge in [-0.3, -0.25) is 9.59 Å². The lowest BCUT2D eigenvalue weighted by molar-refractivity contribution is -0.143. The van der Waals surface area contributed by atoms with Crippen molar-refractivity contribution in [3.8, 4) is 0 Å². The van der Waals surface area contributed by atoms with Gasteiger partial charge >= 0.3 is 5.97 Å². The highest BCUT2D eigenvalue weighted by Gasteiger charge is 2.18. The van der Waals surface area contributed by atoms with Crippen molar-refractivity contribution in [2.45, 2.75) is 443 Å². The lowest BCUT2D eigenvalue weighted by Gasteiger charge is -2.20. The van der Waals surface area contributed by atoms with Crippen LogP contribution in [0.3, 0.4) is 0 Å². The third-order valence-corrected chi connectivity index (χ3v) is 18.3. The van der Waals surface area contributed by atoms with Crippen LogP contribution in [0.1, 0.15) is 431 Å². The Labute approximate surface area is 544 Å². The van der Waals surface area contributed by atoms with E-state index in [0.29, 0.717) is 19.4 Å². The molecule has 87 heavy (non-hydrogen) atoms. The SMILES string of the molecule is CCCCC/C=C\CCCCCCCC(=O)OCCCCCCCCCCC/C=C\C/C=C\CCCCCCCCCCCCCCCCCCCC(=O)NC(CO)C(O)/C=C/CCCCCCCCCCCCCCCCCCCCCCCCC. The van der Waals surface area contributed by atoms with E-state index in [9.17, 15) is 19.8 Å². The van der Waals surface area contributed by atoms with E-state index in [2.05, 4.69) is 55.6 Å². The lowest BCUT2D eigenvalue weighted by atomic mass is 10.0. The Morgan fingerprint density at radius 2 is 0.575 bits per heavy atom. The largest absolute Gasteiger partial charge is 0.466 e. The van der Waals surface area contributed by atoms with Crippen LogP contribution >= 0.6 is 0 Å². The monoisotopic (exact) mass is 1220 g/mol. The first-order valence-electron chi connectivity index (χ1n) is 39.4. The molecular weight excluding hydrogens is 1070 g/mol. The minimum Gasteiger partial charge on any atom is -0.466 e. The van der Waals surface area contributed by atoms with Crippen LogP contribution < -0.4 is 5.32 Å². The summed E-state index contributed by atoms with van der Waals surface area (Å²) < 4.78 is 5.47. The summed E-state index contributed by atoms with van der Waals surface area (Å²) in [6, 6.07) is -0.629. The summed E-state index contributed by atoms with van der Waals surface area (Å²) in [5.41, 5.74) is 0. The Morgan fingerprint density at radius 1 is 0.322 bits per heavy atom. The minimum atomic E-state index is -0.845. The van der Waals surface area contributed by atoms with Gasteiger partial charge in [-0.15, -0.1) is 0 Å². The Kier molecular flexibility index (Phi) is 74.4. The van der Waals surface area contributed by atoms with Crippen molar-refractivity contribution in [2.24, 2.45) is 0 Å². The Morgan fingerprint density at radius 3 is 0.908 bits per heavy atom. The average molecular weight is 1220 g/mol. The molecule has 0 spiro atoms. The molecule has 3 N–H and O–H groups in total. The maximum atomic E-state index is 12.6. The number of rotatable bonds is 74. The molecule has 1 amide bonds. The molecule has 0 heterocycles. The molecule has 6 heteroatoms. The third-order valence-electron chi connectivity index (χ3n) is 18.3. The summed E-state index contributed by atoms with van der Waals surface area (Å²) in [6.07, 6.45) is 101. The highest BCUT2D eigenvalue weighted by Crippen LogP contribution is 2.19. The van der Waals surface area contributed by atoms with Crippen LogP contribution in [0.25, 0.3) is 0 Å². The average Bonchev–Trinajstić information content (AvgIpc) is 3.52. The highest BCUT2D eigenvalue weighted by atomic mass is 16.5. The molecule has 0 aliphatic rings. The van der Waals surface area contributed by atoms with Crippen LogP contribution in [-0.4, -0.2) is 47.4 Å². The Hall–Kier alpha value is -2.18. The van der Waals surface area contributed by atoms with Gasteiger partial charge in [0.15, 0.2) is 0 Å². The normalized spacial score (nSPS) is 12.7. The van der Waals surface area contributed by atoms with Crippen LogP contribution in [0.15, 0.2) is 48.6 Å². The molecule has 0 saturated heterocycles. The summed E-state index contributed by atoms with van der Waals surface area (Å²) >= 11 is 0. The van der Waals surface area contributed by atoms with Gasteiger partial charge in [-0.05, 0) is 89.9 Å². The first-order valence-corrected chi connectivity index (χ1v) is 39.4. The van der Waals surface area contributed by atoms with Gasteiger partial charge in [0, 0.05) is 12.8 Å². The molecule has 2 atom stereocenters. The van der Waals surface area contributed by atoms with E-state index in [4.69, 9.17) is 4.74 Å². The lowest BCUT2D eigenvalue weighted by Crippen LogP contribution is -2.45. The molecule has 6 nitrogen and oxygen atoms in total. The van der Waals surface area contributed by atoms with E-state index < -0.39 is 12.1 Å². The Balaban J connectivity index is 3.41. The van der Waals surface area contributed by atoms with Crippen LogP contribution in [0.5, 0.6) is 0 Å². The van der Waals surface area contributed by atoms with E-state index >= 15 is 0 Å². The van der Waals surface area contributed by atoms with Gasteiger partial charge in [-0.1, -0.05) is 377 Å². The molecule has 0 aliphatic carbocycles. The van der Waals surface area contributed by atoms with Crippen LogP contribution in [0, 0.1) is 0 Å². The number of esters is 1. The molecular formula is C81H153NO5. The number of aliphatic hydroxyl groups excluding tert-OH is 2. The van der Waals surface area contributed by atoms with E-state index in [1.54, 1.807) is 6.08 Å². The third kappa shape index (κ3) is 72.8. The smallest absolute Gasteiger partial charge is 0.305 e. The standard InChI is InChI=1S/C81H153NO5/c1-3-5-7-9-11-13-15-17-18-19-20-21-22-32-35-38-41-44-47-50-53-57-61-65-69-73-79(84)78(77-83)82-80(85)74-70-66-62-58-54-51-48-45-42-39-36-33-30-28-26-24-23-25-27-29-31-34-37-40-43-46-49-52-56-60-64-68-72-76-87-81(86)75-71-67-63-59-55-16-14-12-10-8-6-4-2/h12,14,27,29,34,37,69,73,78-79,83-84H,3-11,13,15-26,28,30-33,35-36,38-68,70-72,74-77H2,1-2H3,(H,82,85)/b14-12-,29-27-,37-34-,73-69+. The van der Waals surface area contributed by atoms with Crippen LogP contribution in [0.4, 0.5) is 0 Å². The van der Waals surface area contributed by atoms with Crippen molar-refractivity contribution in [1.29, 1.82) is 0 Å². The number of ether oxygens (including phenoxy) is 1. The summed E-state index contributed by atoms with van der Waals surface area (Å²) in [5.74, 6) is -0.0573. The van der Waals surface area contributed by atoms with E-state index in [0.717, 1.165) is 51.4 Å². The number of carbonyl (C=O) groups excluding carboxylic acids is 2. The van der Waals surface area contributed by atoms with Gasteiger partial charge < -0.3 is 20.3 Å². The fraction of sp³-hybridized carbons (Fsp3) is 0.877. The summed E-state index contributed by atoms with van der Waals surface area (Å²) in [6.45, 7) is 4.91. The maximum absolute atomic E-state index is 12.6. The second kappa shape index (κ2) is 76.3. The number of aliphatic hydroxyl groups is 2. The molecule has 0 aromatic carbocycles. The van der Waals surface area contributed by atoms with Gasteiger partial charge in [-0.2, -0.15) is 0 Å². The number of hydrogen-bond donors (Lipinski definition) is 3. The van der Waals surface area contributed by atoms with Gasteiger partial charge in [0.05, 0.1) is 25.4 Å². The van der Waals surface area contributed by atoms with Crippen LogP contribution in [-0.2, 0) is 14.3 Å². The molecule has 0 rings (SSSR count). The van der Waals surface area contributed by atoms with Gasteiger partial charge in [0.1, 0.15) is 0 Å². The zero-order valence-corrected chi connectivity index (χ0v) is 58.8. The summed E-state index contributed by atoms with van der Waals surface area (Å²) in [4.78, 5) is 24.6. The number of unbranched alkanes of at least 4 members (excludes halogenated alkanes) is 57. The number of carbonyl (C=O) groups is 2.